The van der Waals surface area contributed by atoms with Gasteiger partial charge in [-0.2, -0.15) is 0 Å². The van der Waals surface area contributed by atoms with E-state index in [2.05, 4.69) is 5.32 Å². The molecule has 18 heavy (non-hydrogen) atoms. The Bertz CT molecular complexity index is 433. The van der Waals surface area contributed by atoms with Gasteiger partial charge in [0.25, 0.3) is 0 Å². The quantitative estimate of drug-likeness (QED) is 0.806. The van der Waals surface area contributed by atoms with Crippen LogP contribution in [0.25, 0.3) is 0 Å². The van der Waals surface area contributed by atoms with Crippen molar-refractivity contribution in [2.75, 3.05) is 21.3 Å². The maximum absolute atomic E-state index is 10.9. The average molecular weight is 253 g/mol. The lowest BCUT2D eigenvalue weighted by molar-refractivity contribution is -0.138. The fourth-order valence-corrected chi connectivity index (χ4v) is 1.82. The molecule has 5 nitrogen and oxygen atoms in total. The van der Waals surface area contributed by atoms with Gasteiger partial charge in [-0.25, -0.2) is 0 Å². The minimum atomic E-state index is -0.860. The first-order chi connectivity index (χ1) is 8.46. The van der Waals surface area contributed by atoms with Gasteiger partial charge in [-0.05, 0) is 31.7 Å². The zero-order valence-electron chi connectivity index (χ0n) is 11.1. The summed E-state index contributed by atoms with van der Waals surface area (Å²) in [5.74, 6) is 0.346. The Kier molecular flexibility index (Phi) is 4.55. The Labute approximate surface area is 107 Å². The van der Waals surface area contributed by atoms with E-state index in [1.807, 2.05) is 13.0 Å². The molecular weight excluding hydrogens is 234 g/mol. The number of carbonyl (C=O) groups is 1. The molecule has 1 aromatic carbocycles. The van der Waals surface area contributed by atoms with Gasteiger partial charge < -0.3 is 19.9 Å². The Morgan fingerprint density at radius 3 is 2.39 bits per heavy atom. The van der Waals surface area contributed by atoms with Gasteiger partial charge in [0.15, 0.2) is 11.5 Å². The minimum Gasteiger partial charge on any atom is -0.493 e. The standard InChI is InChI=1S/C13H19NO4/c1-13(14-2,8-12(15)16)9-5-6-10(17-3)11(7-9)18-4/h5-7,14H,8H2,1-4H3,(H,15,16). The van der Waals surface area contributed by atoms with E-state index in [1.54, 1.807) is 33.4 Å². The monoisotopic (exact) mass is 253 g/mol. The Morgan fingerprint density at radius 1 is 1.33 bits per heavy atom. The van der Waals surface area contributed by atoms with Gasteiger partial charge in [0, 0.05) is 0 Å². The first kappa shape index (κ1) is 14.3. The predicted molar refractivity (Wildman–Crippen MR) is 68.2 cm³/mol. The van der Waals surface area contributed by atoms with Gasteiger partial charge in [0.05, 0.1) is 26.2 Å². The maximum Gasteiger partial charge on any atom is 0.305 e. The number of methoxy groups -OCH3 is 2. The summed E-state index contributed by atoms with van der Waals surface area (Å²) in [6, 6.07) is 5.39. The van der Waals surface area contributed by atoms with E-state index in [-0.39, 0.29) is 6.42 Å². The normalized spacial score (nSPS) is 13.8. The molecule has 2 N–H and O–H groups in total. The lowest BCUT2D eigenvalue weighted by Crippen LogP contribution is -2.38. The predicted octanol–water partition coefficient (Wildman–Crippen LogP) is 1.61. The number of hydrogen-bond donors (Lipinski definition) is 2. The average Bonchev–Trinajstić information content (AvgIpc) is 2.36. The third-order valence-electron chi connectivity index (χ3n) is 3.08. The lowest BCUT2D eigenvalue weighted by atomic mass is 9.88. The van der Waals surface area contributed by atoms with Crippen molar-refractivity contribution in [3.05, 3.63) is 23.8 Å². The lowest BCUT2D eigenvalue weighted by Gasteiger charge is -2.28. The number of carboxylic acids is 1. The molecule has 0 saturated heterocycles. The summed E-state index contributed by atoms with van der Waals surface area (Å²) in [6.45, 7) is 1.84. The van der Waals surface area contributed by atoms with Crippen LogP contribution in [-0.2, 0) is 10.3 Å². The summed E-state index contributed by atoms with van der Waals surface area (Å²) in [4.78, 5) is 10.9. The highest BCUT2D eigenvalue weighted by Crippen LogP contribution is 2.33. The van der Waals surface area contributed by atoms with Crippen molar-refractivity contribution in [2.45, 2.75) is 18.9 Å². The molecule has 5 heteroatoms. The molecule has 0 heterocycles. The third-order valence-corrected chi connectivity index (χ3v) is 3.08. The van der Waals surface area contributed by atoms with Crippen LogP contribution < -0.4 is 14.8 Å². The molecule has 0 aliphatic rings. The molecule has 0 aliphatic carbocycles. The topological polar surface area (TPSA) is 67.8 Å². The number of benzene rings is 1. The van der Waals surface area contributed by atoms with E-state index < -0.39 is 11.5 Å². The number of nitrogens with one attached hydrogen (secondary N) is 1. The molecule has 1 atom stereocenters. The molecule has 1 aromatic rings. The van der Waals surface area contributed by atoms with Crippen molar-refractivity contribution in [1.29, 1.82) is 0 Å². The minimum absolute atomic E-state index is 0.0149. The number of hydrogen-bond acceptors (Lipinski definition) is 4. The first-order valence-electron chi connectivity index (χ1n) is 5.60. The van der Waals surface area contributed by atoms with Crippen molar-refractivity contribution in [3.63, 3.8) is 0 Å². The maximum atomic E-state index is 10.9. The van der Waals surface area contributed by atoms with Crippen LogP contribution in [0.3, 0.4) is 0 Å². The summed E-state index contributed by atoms with van der Waals surface area (Å²) in [5, 5.41) is 12.0. The van der Waals surface area contributed by atoms with Gasteiger partial charge >= 0.3 is 5.97 Å². The van der Waals surface area contributed by atoms with Crippen molar-refractivity contribution >= 4 is 5.97 Å². The molecule has 0 fully saturated rings. The number of rotatable bonds is 6. The van der Waals surface area contributed by atoms with Crippen LogP contribution in [-0.4, -0.2) is 32.3 Å². The second-order valence-corrected chi connectivity index (χ2v) is 4.22. The van der Waals surface area contributed by atoms with Gasteiger partial charge in [-0.1, -0.05) is 6.07 Å². The third kappa shape index (κ3) is 2.92. The van der Waals surface area contributed by atoms with Gasteiger partial charge in [-0.3, -0.25) is 4.79 Å². The van der Waals surface area contributed by atoms with Crippen LogP contribution in [0.4, 0.5) is 0 Å². The first-order valence-corrected chi connectivity index (χ1v) is 5.60. The Morgan fingerprint density at radius 2 is 1.94 bits per heavy atom. The number of carboxylic acid groups (broad SMARTS) is 1. The van der Waals surface area contributed by atoms with E-state index in [4.69, 9.17) is 14.6 Å². The Balaban J connectivity index is 3.18. The highest BCUT2D eigenvalue weighted by atomic mass is 16.5. The molecule has 1 unspecified atom stereocenters. The van der Waals surface area contributed by atoms with Crippen LogP contribution in [0.2, 0.25) is 0 Å². The van der Waals surface area contributed by atoms with E-state index >= 15 is 0 Å². The van der Waals surface area contributed by atoms with Gasteiger partial charge in [-0.15, -0.1) is 0 Å². The highest BCUT2D eigenvalue weighted by Gasteiger charge is 2.28. The number of aliphatic carboxylic acids is 1. The summed E-state index contributed by atoms with van der Waals surface area (Å²) >= 11 is 0. The zero-order valence-corrected chi connectivity index (χ0v) is 11.1. The van der Waals surface area contributed by atoms with Gasteiger partial charge in [0.2, 0.25) is 0 Å². The van der Waals surface area contributed by atoms with Crippen LogP contribution in [0.15, 0.2) is 18.2 Å². The molecule has 0 radical (unpaired) electrons. The molecule has 0 amide bonds. The van der Waals surface area contributed by atoms with Crippen LogP contribution in [0, 0.1) is 0 Å². The fourth-order valence-electron chi connectivity index (χ4n) is 1.82. The summed E-state index contributed by atoms with van der Waals surface area (Å²) in [6.07, 6.45) is -0.0149. The summed E-state index contributed by atoms with van der Waals surface area (Å²) in [5.41, 5.74) is 0.191. The highest BCUT2D eigenvalue weighted by molar-refractivity contribution is 5.69. The van der Waals surface area contributed by atoms with Crippen molar-refractivity contribution in [2.24, 2.45) is 0 Å². The van der Waals surface area contributed by atoms with Gasteiger partial charge in [0.1, 0.15) is 0 Å². The molecule has 1 rings (SSSR count). The van der Waals surface area contributed by atoms with Crippen molar-refractivity contribution < 1.29 is 19.4 Å². The molecule has 0 spiro atoms. The molecular formula is C13H19NO4. The molecule has 0 saturated carbocycles. The largest absolute Gasteiger partial charge is 0.493 e. The summed E-state index contributed by atoms with van der Waals surface area (Å²) < 4.78 is 10.4. The number of ether oxygens (including phenoxy) is 2. The van der Waals surface area contributed by atoms with Crippen LogP contribution in [0.1, 0.15) is 18.9 Å². The van der Waals surface area contributed by atoms with Crippen LogP contribution in [0.5, 0.6) is 11.5 Å². The van der Waals surface area contributed by atoms with E-state index in [9.17, 15) is 4.79 Å². The van der Waals surface area contributed by atoms with Crippen LogP contribution >= 0.6 is 0 Å². The zero-order chi connectivity index (χ0) is 13.8. The second kappa shape index (κ2) is 5.73. The summed E-state index contributed by atoms with van der Waals surface area (Å²) in [7, 11) is 4.85. The van der Waals surface area contributed by atoms with E-state index in [0.29, 0.717) is 11.5 Å². The SMILES string of the molecule is CNC(C)(CC(=O)O)c1ccc(OC)c(OC)c1. The Hall–Kier alpha value is -1.75. The van der Waals surface area contributed by atoms with E-state index in [1.165, 1.54) is 0 Å². The smallest absolute Gasteiger partial charge is 0.305 e. The van der Waals surface area contributed by atoms with Crippen molar-refractivity contribution in [1.82, 2.24) is 5.32 Å². The molecule has 0 bridgehead atoms. The molecule has 0 aromatic heterocycles. The fraction of sp³-hybridized carbons (Fsp3) is 0.462. The van der Waals surface area contributed by atoms with E-state index in [0.717, 1.165) is 5.56 Å². The van der Waals surface area contributed by atoms with Crippen molar-refractivity contribution in [3.8, 4) is 11.5 Å². The molecule has 100 valence electrons. The molecule has 0 aliphatic heterocycles. The second-order valence-electron chi connectivity index (χ2n) is 4.22.